The molecular weight excluding hydrogens is 352 g/mol. The molecule has 1 aromatic rings. The average molecular weight is 376 g/mol. The highest BCUT2D eigenvalue weighted by Gasteiger charge is 2.33. The summed E-state index contributed by atoms with van der Waals surface area (Å²) in [6.07, 6.45) is 2.75. The number of thioether (sulfide) groups is 1. The Bertz CT molecular complexity index is 831. The van der Waals surface area contributed by atoms with Crippen molar-refractivity contribution >= 4 is 34.8 Å². The first kappa shape index (κ1) is 20.0. The topological polar surface area (TPSA) is 80.9 Å². The Morgan fingerprint density at radius 2 is 2.04 bits per heavy atom. The minimum atomic E-state index is -0.676. The van der Waals surface area contributed by atoms with Gasteiger partial charge >= 0.3 is 5.97 Å². The Morgan fingerprint density at radius 3 is 2.58 bits per heavy atom. The van der Waals surface area contributed by atoms with Crippen molar-refractivity contribution in [1.82, 2.24) is 4.57 Å². The molecule has 26 heavy (non-hydrogen) atoms. The van der Waals surface area contributed by atoms with Crippen LogP contribution in [0.3, 0.4) is 0 Å². The molecule has 1 aliphatic rings. The van der Waals surface area contributed by atoms with Crippen molar-refractivity contribution in [3.05, 3.63) is 39.3 Å². The fraction of sp³-hybridized carbons (Fsp3) is 0.421. The summed E-state index contributed by atoms with van der Waals surface area (Å²) in [5.41, 5.74) is 3.01. The summed E-state index contributed by atoms with van der Waals surface area (Å²) in [6.45, 7) is 7.71. The van der Waals surface area contributed by atoms with Crippen LogP contribution in [0.15, 0.2) is 27.3 Å². The Hall–Kier alpha value is -2.28. The number of aryl methyl sites for hydroxylation is 1. The Morgan fingerprint density at radius 1 is 1.35 bits per heavy atom. The van der Waals surface area contributed by atoms with Gasteiger partial charge in [-0.1, -0.05) is 18.7 Å². The van der Waals surface area contributed by atoms with Crippen molar-refractivity contribution < 1.29 is 19.4 Å². The molecule has 0 spiro atoms. The van der Waals surface area contributed by atoms with Crippen LogP contribution in [0.4, 0.5) is 0 Å². The summed E-state index contributed by atoms with van der Waals surface area (Å²) in [4.78, 5) is 28.7. The van der Waals surface area contributed by atoms with E-state index in [0.29, 0.717) is 11.3 Å². The Labute approximate surface area is 157 Å². The number of hydrogen-bond donors (Lipinski definition) is 1. The first-order valence-electron chi connectivity index (χ1n) is 8.55. The second kappa shape index (κ2) is 8.40. The van der Waals surface area contributed by atoms with Crippen molar-refractivity contribution in [2.45, 2.75) is 40.5 Å². The van der Waals surface area contributed by atoms with E-state index in [-0.39, 0.29) is 35.3 Å². The van der Waals surface area contributed by atoms with Gasteiger partial charge in [-0.05, 0) is 44.9 Å². The Balaban J connectivity index is 2.49. The number of carbonyl (C=O) groups excluding carboxylic acids is 2. The molecule has 140 valence electrons. The maximum atomic E-state index is 12.3. The summed E-state index contributed by atoms with van der Waals surface area (Å²) in [5, 5.41) is 10.8. The third-order valence-corrected chi connectivity index (χ3v) is 5.18. The summed E-state index contributed by atoms with van der Waals surface area (Å²) in [5.74, 6) is -1.19. The van der Waals surface area contributed by atoms with Crippen LogP contribution in [0.2, 0.25) is 0 Å². The standard InChI is InChI=1S/C19H24N2O4S/c1-6-8-15(22)20-18-16(19(24)25-7-2)17(23)14(26-18)10-13-9-11(3)21(5)12(13)4/h9-10,23H,6-8H2,1-5H3/b14-10-,20-18?. The van der Waals surface area contributed by atoms with E-state index in [9.17, 15) is 14.7 Å². The van der Waals surface area contributed by atoms with Gasteiger partial charge in [0.25, 0.3) is 0 Å². The van der Waals surface area contributed by atoms with Crippen molar-refractivity contribution in [3.8, 4) is 0 Å². The molecule has 0 atom stereocenters. The number of amides is 1. The number of nitrogens with zero attached hydrogens (tertiary/aromatic N) is 2. The zero-order chi connectivity index (χ0) is 19.4. The molecule has 0 unspecified atom stereocenters. The van der Waals surface area contributed by atoms with E-state index in [1.54, 1.807) is 13.0 Å². The van der Waals surface area contributed by atoms with Crippen LogP contribution in [-0.4, -0.2) is 33.2 Å². The number of aromatic nitrogens is 1. The quantitative estimate of drug-likeness (QED) is 0.790. The lowest BCUT2D eigenvalue weighted by Crippen LogP contribution is -2.14. The number of aliphatic hydroxyl groups is 1. The first-order valence-corrected chi connectivity index (χ1v) is 9.36. The van der Waals surface area contributed by atoms with Crippen LogP contribution in [0, 0.1) is 13.8 Å². The van der Waals surface area contributed by atoms with E-state index in [1.807, 2.05) is 38.5 Å². The molecule has 6 nitrogen and oxygen atoms in total. The second-order valence-electron chi connectivity index (χ2n) is 6.00. The van der Waals surface area contributed by atoms with Gasteiger partial charge in [-0.25, -0.2) is 9.79 Å². The lowest BCUT2D eigenvalue weighted by atomic mass is 10.2. The van der Waals surface area contributed by atoms with Crippen molar-refractivity contribution in [1.29, 1.82) is 0 Å². The molecule has 0 radical (unpaired) electrons. The maximum absolute atomic E-state index is 12.3. The summed E-state index contributed by atoms with van der Waals surface area (Å²) >= 11 is 1.11. The third-order valence-electron chi connectivity index (χ3n) is 4.16. The highest BCUT2D eigenvalue weighted by atomic mass is 32.2. The molecule has 7 heteroatoms. The largest absolute Gasteiger partial charge is 0.506 e. The van der Waals surface area contributed by atoms with Gasteiger partial charge in [-0.3, -0.25) is 4.79 Å². The molecule has 0 fully saturated rings. The van der Waals surface area contributed by atoms with E-state index in [4.69, 9.17) is 4.74 Å². The number of carbonyl (C=O) groups is 2. The van der Waals surface area contributed by atoms with E-state index in [1.165, 1.54) is 0 Å². The highest BCUT2D eigenvalue weighted by Crippen LogP contribution is 2.39. The summed E-state index contributed by atoms with van der Waals surface area (Å²) < 4.78 is 7.06. The highest BCUT2D eigenvalue weighted by molar-refractivity contribution is 8.18. The zero-order valence-corrected chi connectivity index (χ0v) is 16.6. The zero-order valence-electron chi connectivity index (χ0n) is 15.8. The van der Waals surface area contributed by atoms with E-state index in [2.05, 4.69) is 4.99 Å². The molecule has 2 heterocycles. The van der Waals surface area contributed by atoms with Gasteiger partial charge < -0.3 is 14.4 Å². The van der Waals surface area contributed by atoms with Crippen LogP contribution in [0.1, 0.15) is 43.6 Å². The number of esters is 1. The molecule has 1 N–H and O–H groups in total. The fourth-order valence-corrected chi connectivity index (χ4v) is 3.57. The summed E-state index contributed by atoms with van der Waals surface area (Å²) in [7, 11) is 1.96. The third kappa shape index (κ3) is 4.09. The number of aliphatic hydroxyl groups excluding tert-OH is 1. The van der Waals surface area contributed by atoms with Crippen LogP contribution in [-0.2, 0) is 21.4 Å². The van der Waals surface area contributed by atoms with Crippen molar-refractivity contribution in [3.63, 3.8) is 0 Å². The van der Waals surface area contributed by atoms with Gasteiger partial charge in [0.1, 0.15) is 16.4 Å². The minimum Gasteiger partial charge on any atom is -0.506 e. The Kier molecular flexibility index (Phi) is 6.47. The van der Waals surface area contributed by atoms with Crippen LogP contribution in [0.25, 0.3) is 6.08 Å². The van der Waals surface area contributed by atoms with Gasteiger partial charge in [0.2, 0.25) is 5.91 Å². The number of ether oxygens (including phenoxy) is 1. The van der Waals surface area contributed by atoms with Gasteiger partial charge in [0.05, 0.1) is 11.5 Å². The van der Waals surface area contributed by atoms with Gasteiger partial charge in [0.15, 0.2) is 0 Å². The number of rotatable bonds is 5. The smallest absolute Gasteiger partial charge is 0.344 e. The monoisotopic (exact) mass is 376 g/mol. The lowest BCUT2D eigenvalue weighted by molar-refractivity contribution is -0.138. The van der Waals surface area contributed by atoms with Gasteiger partial charge in [-0.15, -0.1) is 0 Å². The van der Waals surface area contributed by atoms with Crippen LogP contribution in [0.5, 0.6) is 0 Å². The molecule has 1 amide bonds. The molecule has 2 rings (SSSR count). The van der Waals surface area contributed by atoms with E-state index < -0.39 is 5.97 Å². The van der Waals surface area contributed by atoms with E-state index in [0.717, 1.165) is 28.7 Å². The molecule has 0 aromatic carbocycles. The lowest BCUT2D eigenvalue weighted by Gasteiger charge is -2.03. The first-order chi connectivity index (χ1) is 12.3. The summed E-state index contributed by atoms with van der Waals surface area (Å²) in [6, 6.07) is 2.00. The molecule has 0 saturated carbocycles. The molecule has 0 bridgehead atoms. The molecule has 0 saturated heterocycles. The van der Waals surface area contributed by atoms with Gasteiger partial charge in [-0.2, -0.15) is 0 Å². The molecule has 1 aromatic heterocycles. The number of aliphatic imine (C=N–C) groups is 1. The number of hydrogen-bond acceptors (Lipinski definition) is 5. The normalized spacial score (nSPS) is 17.4. The maximum Gasteiger partial charge on any atom is 0.344 e. The predicted molar refractivity (Wildman–Crippen MR) is 104 cm³/mol. The molecule has 0 aliphatic carbocycles. The van der Waals surface area contributed by atoms with E-state index >= 15 is 0 Å². The molecule has 1 aliphatic heterocycles. The SMILES string of the molecule is CCCC(=O)N=C1S/C(=C\c2cc(C)n(C)c2C)C(O)=C1C(=O)OCC. The molecular formula is C19H24N2O4S. The fourth-order valence-electron chi connectivity index (χ4n) is 2.55. The predicted octanol–water partition coefficient (Wildman–Crippen LogP) is 3.83. The average Bonchev–Trinajstić information content (AvgIpc) is 3.00. The minimum absolute atomic E-state index is 0.0436. The van der Waals surface area contributed by atoms with Crippen LogP contribution >= 0.6 is 11.8 Å². The van der Waals surface area contributed by atoms with Crippen molar-refractivity contribution in [2.24, 2.45) is 12.0 Å². The second-order valence-corrected chi connectivity index (χ2v) is 7.03. The van der Waals surface area contributed by atoms with Crippen LogP contribution < -0.4 is 0 Å². The van der Waals surface area contributed by atoms with Crippen molar-refractivity contribution in [2.75, 3.05) is 6.61 Å². The van der Waals surface area contributed by atoms with Gasteiger partial charge in [0, 0.05) is 24.9 Å².